The maximum atomic E-state index is 11.8. The Morgan fingerprint density at radius 2 is 2.22 bits per heavy atom. The molecule has 1 fully saturated rings. The number of halogens is 4. The zero-order valence-corrected chi connectivity index (χ0v) is 11.2. The normalized spacial score (nSPS) is 20.1. The van der Waals surface area contributed by atoms with Crippen LogP contribution in [0.4, 0.5) is 13.2 Å². The number of carbonyl (C=O) groups excluding carboxylic acids is 1. The molecule has 1 aliphatic heterocycles. The molecule has 0 aromatic rings. The van der Waals surface area contributed by atoms with Crippen LogP contribution in [0.1, 0.15) is 6.42 Å². The van der Waals surface area contributed by atoms with Crippen molar-refractivity contribution in [2.45, 2.75) is 18.0 Å². The van der Waals surface area contributed by atoms with E-state index in [1.807, 2.05) is 0 Å². The van der Waals surface area contributed by atoms with Gasteiger partial charge in [-0.25, -0.2) is 0 Å². The number of morpholine rings is 1. The summed E-state index contributed by atoms with van der Waals surface area (Å²) in [6.45, 7) is 1.81. The highest BCUT2D eigenvalue weighted by molar-refractivity contribution is 8.00. The number of hydrogen-bond acceptors (Lipinski definition) is 4. The van der Waals surface area contributed by atoms with Gasteiger partial charge >= 0.3 is 5.51 Å². The molecule has 0 spiro atoms. The monoisotopic (exact) mass is 308 g/mol. The third-order valence-electron chi connectivity index (χ3n) is 2.12. The van der Waals surface area contributed by atoms with Gasteiger partial charge in [0, 0.05) is 31.3 Å². The van der Waals surface area contributed by atoms with Crippen LogP contribution in [0.3, 0.4) is 0 Å². The summed E-state index contributed by atoms with van der Waals surface area (Å²) in [5.41, 5.74) is -4.23. The Labute approximate surface area is 114 Å². The molecule has 0 aromatic heterocycles. The Balaban J connectivity index is 0.00000289. The molecule has 0 saturated carbocycles. The minimum atomic E-state index is -4.23. The van der Waals surface area contributed by atoms with Crippen LogP contribution in [0.15, 0.2) is 0 Å². The zero-order chi connectivity index (χ0) is 12.7. The maximum absolute atomic E-state index is 11.8. The Hall–Kier alpha value is -0.180. The Morgan fingerprint density at radius 3 is 2.78 bits per heavy atom. The van der Waals surface area contributed by atoms with E-state index in [-0.39, 0.29) is 54.8 Å². The van der Waals surface area contributed by atoms with Crippen molar-refractivity contribution >= 4 is 30.1 Å². The van der Waals surface area contributed by atoms with Crippen LogP contribution in [0, 0.1) is 0 Å². The maximum Gasteiger partial charge on any atom is 0.441 e. The number of rotatable bonds is 5. The second-order valence-corrected chi connectivity index (χ2v) is 4.73. The van der Waals surface area contributed by atoms with Gasteiger partial charge in [0.05, 0.1) is 13.2 Å². The topological polar surface area (TPSA) is 50.4 Å². The standard InChI is InChI=1S/C9H15F3N2O2S.ClH/c10-9(11,12)17-4-2-14-8(15)5-7-6-16-3-1-13-7;/h7,13H,1-6H2,(H,14,15);1H. The van der Waals surface area contributed by atoms with E-state index in [4.69, 9.17) is 4.74 Å². The fraction of sp³-hybridized carbons (Fsp3) is 0.889. The smallest absolute Gasteiger partial charge is 0.378 e. The molecule has 1 unspecified atom stereocenters. The van der Waals surface area contributed by atoms with E-state index in [9.17, 15) is 18.0 Å². The minimum Gasteiger partial charge on any atom is -0.378 e. The average molecular weight is 309 g/mol. The predicted octanol–water partition coefficient (Wildman–Crippen LogP) is 1.16. The average Bonchev–Trinajstić information content (AvgIpc) is 2.25. The van der Waals surface area contributed by atoms with Gasteiger partial charge in [-0.3, -0.25) is 4.79 Å². The lowest BCUT2D eigenvalue weighted by atomic mass is 10.2. The summed E-state index contributed by atoms with van der Waals surface area (Å²) in [6.07, 6.45) is 0.233. The molecule has 108 valence electrons. The van der Waals surface area contributed by atoms with Crippen LogP contribution < -0.4 is 10.6 Å². The Morgan fingerprint density at radius 1 is 1.50 bits per heavy atom. The lowest BCUT2D eigenvalue weighted by molar-refractivity contribution is -0.122. The first-order chi connectivity index (χ1) is 7.97. The first kappa shape index (κ1) is 17.8. The SMILES string of the molecule is Cl.O=C(CC1COCCN1)NCCSC(F)(F)F. The lowest BCUT2D eigenvalue weighted by Crippen LogP contribution is -2.44. The summed E-state index contributed by atoms with van der Waals surface area (Å²) < 4.78 is 40.5. The lowest BCUT2D eigenvalue weighted by Gasteiger charge is -2.23. The number of hydrogen-bond donors (Lipinski definition) is 2. The molecule has 0 aromatic carbocycles. The first-order valence-corrected chi connectivity index (χ1v) is 6.24. The largest absolute Gasteiger partial charge is 0.441 e. The third-order valence-corrected chi connectivity index (χ3v) is 2.86. The second-order valence-electron chi connectivity index (χ2n) is 3.57. The van der Waals surface area contributed by atoms with Gasteiger partial charge in [0.1, 0.15) is 0 Å². The summed E-state index contributed by atoms with van der Waals surface area (Å²) in [5, 5.41) is 5.54. The number of nitrogens with one attached hydrogen (secondary N) is 2. The van der Waals surface area contributed by atoms with Gasteiger partial charge in [0.2, 0.25) is 5.91 Å². The molecule has 0 bridgehead atoms. The van der Waals surface area contributed by atoms with Gasteiger partial charge in [-0.05, 0) is 11.8 Å². The van der Waals surface area contributed by atoms with Gasteiger partial charge in [-0.2, -0.15) is 13.2 Å². The molecule has 1 aliphatic rings. The molecular formula is C9H16ClF3N2O2S. The van der Waals surface area contributed by atoms with Crippen LogP contribution in [-0.2, 0) is 9.53 Å². The van der Waals surface area contributed by atoms with Gasteiger partial charge in [-0.1, -0.05) is 0 Å². The van der Waals surface area contributed by atoms with Crippen LogP contribution in [0.2, 0.25) is 0 Å². The molecule has 1 heterocycles. The van der Waals surface area contributed by atoms with Crippen LogP contribution in [0.5, 0.6) is 0 Å². The van der Waals surface area contributed by atoms with Crippen LogP contribution >= 0.6 is 24.2 Å². The van der Waals surface area contributed by atoms with E-state index >= 15 is 0 Å². The van der Waals surface area contributed by atoms with Crippen molar-refractivity contribution in [3.05, 3.63) is 0 Å². The molecule has 1 amide bonds. The summed E-state index contributed by atoms with van der Waals surface area (Å²) >= 11 is -0.133. The highest BCUT2D eigenvalue weighted by Crippen LogP contribution is 2.29. The Bertz CT molecular complexity index is 250. The molecule has 1 atom stereocenters. The van der Waals surface area contributed by atoms with Gasteiger partial charge in [0.25, 0.3) is 0 Å². The van der Waals surface area contributed by atoms with E-state index < -0.39 is 5.51 Å². The summed E-state index contributed by atoms with van der Waals surface area (Å²) in [6, 6.07) is -0.0426. The quantitative estimate of drug-likeness (QED) is 0.748. The van der Waals surface area contributed by atoms with Crippen LogP contribution in [-0.4, -0.2) is 49.5 Å². The first-order valence-electron chi connectivity index (χ1n) is 5.26. The fourth-order valence-corrected chi connectivity index (χ4v) is 1.84. The molecule has 1 rings (SSSR count). The molecule has 18 heavy (non-hydrogen) atoms. The summed E-state index contributed by atoms with van der Waals surface area (Å²) in [4.78, 5) is 11.3. The third kappa shape index (κ3) is 8.84. The highest BCUT2D eigenvalue weighted by atomic mass is 35.5. The van der Waals surface area contributed by atoms with Crippen molar-refractivity contribution in [3.8, 4) is 0 Å². The number of ether oxygens (including phenoxy) is 1. The highest BCUT2D eigenvalue weighted by Gasteiger charge is 2.27. The van der Waals surface area contributed by atoms with Crippen molar-refractivity contribution in [1.29, 1.82) is 0 Å². The second kappa shape index (κ2) is 8.84. The van der Waals surface area contributed by atoms with Gasteiger partial charge in [0.15, 0.2) is 0 Å². The molecular weight excluding hydrogens is 293 g/mol. The van der Waals surface area contributed by atoms with Gasteiger partial charge in [-0.15, -0.1) is 12.4 Å². The molecule has 2 N–H and O–H groups in total. The molecule has 4 nitrogen and oxygen atoms in total. The van der Waals surface area contributed by atoms with Crippen molar-refractivity contribution in [1.82, 2.24) is 10.6 Å². The number of amides is 1. The van der Waals surface area contributed by atoms with E-state index in [0.29, 0.717) is 19.8 Å². The van der Waals surface area contributed by atoms with Crippen molar-refractivity contribution in [2.24, 2.45) is 0 Å². The van der Waals surface area contributed by atoms with E-state index in [2.05, 4.69) is 10.6 Å². The summed E-state index contributed by atoms with van der Waals surface area (Å²) in [7, 11) is 0. The number of alkyl halides is 3. The van der Waals surface area contributed by atoms with Gasteiger partial charge < -0.3 is 15.4 Å². The van der Waals surface area contributed by atoms with E-state index in [1.165, 1.54) is 0 Å². The number of carbonyl (C=O) groups is 1. The van der Waals surface area contributed by atoms with Crippen molar-refractivity contribution in [3.63, 3.8) is 0 Å². The molecule has 0 aliphatic carbocycles. The Kier molecular flexibility index (Phi) is 8.75. The van der Waals surface area contributed by atoms with Crippen molar-refractivity contribution in [2.75, 3.05) is 32.1 Å². The minimum absolute atomic E-state index is 0. The molecule has 1 saturated heterocycles. The summed E-state index contributed by atoms with van der Waals surface area (Å²) in [5.74, 6) is -0.417. The number of thioether (sulfide) groups is 1. The van der Waals surface area contributed by atoms with E-state index in [0.717, 1.165) is 0 Å². The molecule has 0 radical (unpaired) electrons. The van der Waals surface area contributed by atoms with Crippen LogP contribution in [0.25, 0.3) is 0 Å². The fourth-order valence-electron chi connectivity index (χ4n) is 1.40. The zero-order valence-electron chi connectivity index (χ0n) is 9.59. The molecule has 9 heteroatoms. The van der Waals surface area contributed by atoms with E-state index in [1.54, 1.807) is 0 Å². The van der Waals surface area contributed by atoms with Crippen molar-refractivity contribution < 1.29 is 22.7 Å². The predicted molar refractivity (Wildman–Crippen MR) is 66.0 cm³/mol.